The molecule has 100 valence electrons. The summed E-state index contributed by atoms with van der Waals surface area (Å²) in [6.45, 7) is 6.04. The smallest absolute Gasteiger partial charge is 0.293 e. The van der Waals surface area contributed by atoms with Crippen LogP contribution in [0.2, 0.25) is 0 Å². The van der Waals surface area contributed by atoms with E-state index >= 15 is 0 Å². The van der Waals surface area contributed by atoms with Crippen molar-refractivity contribution in [1.29, 1.82) is 0 Å². The number of morpholine rings is 1. The van der Waals surface area contributed by atoms with Gasteiger partial charge in [0.15, 0.2) is 5.82 Å². The molecule has 0 aromatic carbocycles. The number of hydrogen-bond acceptors (Lipinski definition) is 4. The second-order valence-corrected chi connectivity index (χ2v) is 5.30. The molecule has 1 aliphatic rings. The van der Waals surface area contributed by atoms with Gasteiger partial charge in [0, 0.05) is 36.9 Å². The van der Waals surface area contributed by atoms with E-state index in [-0.39, 0.29) is 17.7 Å². The number of anilines is 1. The molecule has 1 aromatic heterocycles. The van der Waals surface area contributed by atoms with Gasteiger partial charge in [0.1, 0.15) is 0 Å². The molecule has 1 aromatic rings. The largest absolute Gasteiger partial charge is 0.374 e. The summed E-state index contributed by atoms with van der Waals surface area (Å²) in [4.78, 5) is 18.6. The van der Waals surface area contributed by atoms with Crippen molar-refractivity contribution in [3.8, 4) is 0 Å². The fourth-order valence-corrected chi connectivity index (χ4v) is 2.43. The SMILES string of the molecule is CC(C)n1ccnc(N2CCOC(CBr)C2)c1=O. The summed E-state index contributed by atoms with van der Waals surface area (Å²) >= 11 is 3.41. The Morgan fingerprint density at radius 3 is 3.06 bits per heavy atom. The zero-order valence-corrected chi connectivity index (χ0v) is 12.3. The number of halogens is 1. The topological polar surface area (TPSA) is 47.4 Å². The van der Waals surface area contributed by atoms with Crippen molar-refractivity contribution in [3.63, 3.8) is 0 Å². The minimum Gasteiger partial charge on any atom is -0.374 e. The first-order valence-corrected chi connectivity index (χ1v) is 7.25. The molecule has 1 unspecified atom stereocenters. The van der Waals surface area contributed by atoms with Crippen molar-refractivity contribution in [2.75, 3.05) is 29.9 Å². The van der Waals surface area contributed by atoms with Crippen LogP contribution in [0.25, 0.3) is 0 Å². The van der Waals surface area contributed by atoms with E-state index in [9.17, 15) is 4.79 Å². The first kappa shape index (κ1) is 13.5. The maximum absolute atomic E-state index is 12.3. The van der Waals surface area contributed by atoms with Crippen molar-refractivity contribution in [1.82, 2.24) is 9.55 Å². The van der Waals surface area contributed by atoms with Crippen LogP contribution < -0.4 is 10.5 Å². The highest BCUT2D eigenvalue weighted by Crippen LogP contribution is 2.13. The summed E-state index contributed by atoms with van der Waals surface area (Å²) in [5, 5.41) is 0.773. The maximum Gasteiger partial charge on any atom is 0.293 e. The molecule has 1 saturated heterocycles. The third-order valence-electron chi connectivity index (χ3n) is 3.02. The van der Waals surface area contributed by atoms with Gasteiger partial charge in [-0.2, -0.15) is 0 Å². The van der Waals surface area contributed by atoms with E-state index in [1.807, 2.05) is 18.7 Å². The molecular formula is C12H18BrN3O2. The molecule has 0 aliphatic carbocycles. The minimum atomic E-state index is -0.0253. The second-order valence-electron chi connectivity index (χ2n) is 4.65. The Hall–Kier alpha value is -0.880. The van der Waals surface area contributed by atoms with Gasteiger partial charge in [-0.05, 0) is 13.8 Å². The quantitative estimate of drug-likeness (QED) is 0.792. The Labute approximate surface area is 115 Å². The lowest BCUT2D eigenvalue weighted by molar-refractivity contribution is 0.0566. The zero-order valence-electron chi connectivity index (χ0n) is 10.7. The summed E-state index contributed by atoms with van der Waals surface area (Å²) in [5.41, 5.74) is -0.0253. The van der Waals surface area contributed by atoms with Gasteiger partial charge in [-0.3, -0.25) is 4.79 Å². The molecule has 0 radical (unpaired) electrons. The lowest BCUT2D eigenvalue weighted by Gasteiger charge is -2.32. The van der Waals surface area contributed by atoms with E-state index in [4.69, 9.17) is 4.74 Å². The minimum absolute atomic E-state index is 0.0253. The van der Waals surface area contributed by atoms with Crippen molar-refractivity contribution < 1.29 is 4.74 Å². The molecule has 0 amide bonds. The van der Waals surface area contributed by atoms with E-state index in [0.717, 1.165) is 5.33 Å². The van der Waals surface area contributed by atoms with Crippen LogP contribution in [-0.2, 0) is 4.74 Å². The lowest BCUT2D eigenvalue weighted by atomic mass is 10.3. The van der Waals surface area contributed by atoms with Crippen molar-refractivity contribution in [3.05, 3.63) is 22.7 Å². The summed E-state index contributed by atoms with van der Waals surface area (Å²) in [6.07, 6.45) is 3.54. The third kappa shape index (κ3) is 2.75. The number of alkyl halides is 1. The number of ether oxygens (including phenoxy) is 1. The van der Waals surface area contributed by atoms with Crippen molar-refractivity contribution in [2.24, 2.45) is 0 Å². The summed E-state index contributed by atoms with van der Waals surface area (Å²) in [5.74, 6) is 0.528. The summed E-state index contributed by atoms with van der Waals surface area (Å²) < 4.78 is 7.28. The van der Waals surface area contributed by atoms with Gasteiger partial charge in [0.25, 0.3) is 5.56 Å². The summed E-state index contributed by atoms with van der Waals surface area (Å²) in [6, 6.07) is 0.146. The highest BCUT2D eigenvalue weighted by molar-refractivity contribution is 9.09. The molecule has 6 heteroatoms. The van der Waals surface area contributed by atoms with Gasteiger partial charge in [0.05, 0.1) is 12.7 Å². The van der Waals surface area contributed by atoms with Crippen molar-refractivity contribution in [2.45, 2.75) is 26.0 Å². The fraction of sp³-hybridized carbons (Fsp3) is 0.667. The predicted molar refractivity (Wildman–Crippen MR) is 74.6 cm³/mol. The Morgan fingerprint density at radius 1 is 1.61 bits per heavy atom. The van der Waals surface area contributed by atoms with Crippen LogP contribution in [0.15, 0.2) is 17.2 Å². The molecular weight excluding hydrogens is 298 g/mol. The molecule has 1 aliphatic heterocycles. The van der Waals surface area contributed by atoms with Crippen LogP contribution in [0.1, 0.15) is 19.9 Å². The molecule has 2 heterocycles. The number of aromatic nitrogens is 2. The van der Waals surface area contributed by atoms with E-state index in [1.165, 1.54) is 0 Å². The molecule has 0 N–H and O–H groups in total. The highest BCUT2D eigenvalue weighted by atomic mass is 79.9. The average molecular weight is 316 g/mol. The van der Waals surface area contributed by atoms with E-state index < -0.39 is 0 Å². The first-order valence-electron chi connectivity index (χ1n) is 6.13. The van der Waals surface area contributed by atoms with Gasteiger partial charge < -0.3 is 14.2 Å². The predicted octanol–water partition coefficient (Wildman–Crippen LogP) is 1.42. The highest BCUT2D eigenvalue weighted by Gasteiger charge is 2.23. The van der Waals surface area contributed by atoms with E-state index in [0.29, 0.717) is 25.5 Å². The second kappa shape index (κ2) is 5.84. The molecule has 0 saturated carbocycles. The molecule has 0 bridgehead atoms. The Morgan fingerprint density at radius 2 is 2.39 bits per heavy atom. The summed E-state index contributed by atoms with van der Waals surface area (Å²) in [7, 11) is 0. The van der Waals surface area contributed by atoms with Crippen LogP contribution in [0.5, 0.6) is 0 Å². The van der Waals surface area contributed by atoms with E-state index in [1.54, 1.807) is 17.0 Å². The zero-order chi connectivity index (χ0) is 13.1. The van der Waals surface area contributed by atoms with Gasteiger partial charge in [0.2, 0.25) is 0 Å². The van der Waals surface area contributed by atoms with Gasteiger partial charge in [-0.25, -0.2) is 4.98 Å². The molecule has 18 heavy (non-hydrogen) atoms. The van der Waals surface area contributed by atoms with Gasteiger partial charge in [-0.1, -0.05) is 15.9 Å². The third-order valence-corrected chi connectivity index (χ3v) is 3.74. The normalized spacial score (nSPS) is 20.4. The molecule has 5 nitrogen and oxygen atoms in total. The van der Waals surface area contributed by atoms with Crippen LogP contribution in [0.3, 0.4) is 0 Å². The Bertz CT molecular complexity index is 461. The Kier molecular flexibility index (Phi) is 4.40. The van der Waals surface area contributed by atoms with Crippen LogP contribution in [0.4, 0.5) is 5.82 Å². The average Bonchev–Trinajstić information content (AvgIpc) is 2.38. The molecule has 1 atom stereocenters. The number of hydrogen-bond donors (Lipinski definition) is 0. The standard InChI is InChI=1S/C12H18BrN3O2/c1-9(2)16-4-3-14-11(12(16)17)15-5-6-18-10(7-13)8-15/h3-4,9-10H,5-8H2,1-2H3. The van der Waals surface area contributed by atoms with Crippen LogP contribution in [0, 0.1) is 0 Å². The van der Waals surface area contributed by atoms with Gasteiger partial charge >= 0.3 is 0 Å². The molecule has 2 rings (SSSR count). The first-order chi connectivity index (χ1) is 8.63. The fourth-order valence-electron chi connectivity index (χ4n) is 2.04. The maximum atomic E-state index is 12.3. The monoisotopic (exact) mass is 315 g/mol. The number of rotatable bonds is 3. The van der Waals surface area contributed by atoms with E-state index in [2.05, 4.69) is 20.9 Å². The van der Waals surface area contributed by atoms with Gasteiger partial charge in [-0.15, -0.1) is 0 Å². The number of nitrogens with zero attached hydrogens (tertiary/aromatic N) is 3. The lowest BCUT2D eigenvalue weighted by Crippen LogP contribution is -2.46. The molecule has 0 spiro atoms. The molecule has 1 fully saturated rings. The Balaban J connectivity index is 2.28. The van der Waals surface area contributed by atoms with Crippen molar-refractivity contribution >= 4 is 21.7 Å². The van der Waals surface area contributed by atoms with Crippen LogP contribution in [-0.4, -0.2) is 40.7 Å². The van der Waals surface area contributed by atoms with Crippen LogP contribution >= 0.6 is 15.9 Å².